The Morgan fingerprint density at radius 2 is 2.20 bits per heavy atom. The monoisotopic (exact) mass is 213 g/mol. The van der Waals surface area contributed by atoms with E-state index in [0.717, 1.165) is 32.6 Å². The molecule has 1 fully saturated rings. The number of hydrogen-bond donors (Lipinski definition) is 1. The fourth-order valence-corrected chi connectivity index (χ4v) is 2.12. The van der Waals surface area contributed by atoms with Crippen molar-refractivity contribution in [3.8, 4) is 0 Å². The second-order valence-electron chi connectivity index (χ2n) is 4.42. The minimum atomic E-state index is -0.0153. The van der Waals surface area contributed by atoms with Gasteiger partial charge in [0.25, 0.3) is 0 Å². The Balaban J connectivity index is 2.65. The highest BCUT2D eigenvalue weighted by Gasteiger charge is 2.28. The first-order chi connectivity index (χ1) is 7.06. The third-order valence-corrected chi connectivity index (χ3v) is 2.99. The lowest BCUT2D eigenvalue weighted by molar-refractivity contribution is -0.134. The third kappa shape index (κ3) is 3.18. The molecule has 1 aliphatic heterocycles. The Hall–Kier alpha value is -0.610. The molecule has 2 unspecified atom stereocenters. The predicted molar refractivity (Wildman–Crippen MR) is 61.6 cm³/mol. The number of rotatable bonds is 3. The standard InChI is InChI=1S/C11H23N3O/c1-4-13-6-5-7-14(8-9(2)12)10(3)11(13)15/h9-10H,4-8,12H2,1-3H3. The van der Waals surface area contributed by atoms with Crippen molar-refractivity contribution >= 4 is 5.91 Å². The molecule has 0 aromatic rings. The van der Waals surface area contributed by atoms with E-state index < -0.39 is 0 Å². The summed E-state index contributed by atoms with van der Waals surface area (Å²) in [5.41, 5.74) is 5.78. The molecule has 1 rings (SSSR count). The second kappa shape index (κ2) is 5.47. The SMILES string of the molecule is CCN1CCCN(CC(C)N)C(C)C1=O. The summed E-state index contributed by atoms with van der Waals surface area (Å²) in [6.07, 6.45) is 1.05. The number of likely N-dealkylation sites (N-methyl/N-ethyl adjacent to an activating group) is 1. The number of nitrogens with zero attached hydrogens (tertiary/aromatic N) is 2. The van der Waals surface area contributed by atoms with Gasteiger partial charge in [0.05, 0.1) is 6.04 Å². The molecule has 0 aromatic heterocycles. The lowest BCUT2D eigenvalue weighted by Gasteiger charge is -2.28. The zero-order chi connectivity index (χ0) is 11.4. The van der Waals surface area contributed by atoms with E-state index in [9.17, 15) is 4.79 Å². The molecule has 4 nitrogen and oxygen atoms in total. The van der Waals surface area contributed by atoms with Crippen molar-refractivity contribution in [2.75, 3.05) is 26.2 Å². The van der Waals surface area contributed by atoms with Gasteiger partial charge >= 0.3 is 0 Å². The highest BCUT2D eigenvalue weighted by molar-refractivity contribution is 5.81. The largest absolute Gasteiger partial charge is 0.342 e. The maximum Gasteiger partial charge on any atom is 0.239 e. The molecule has 1 aliphatic rings. The fourth-order valence-electron chi connectivity index (χ4n) is 2.12. The van der Waals surface area contributed by atoms with E-state index in [-0.39, 0.29) is 18.0 Å². The molecular formula is C11H23N3O. The van der Waals surface area contributed by atoms with Crippen molar-refractivity contribution in [3.63, 3.8) is 0 Å². The molecule has 88 valence electrons. The molecule has 1 amide bonds. The Bertz CT molecular complexity index is 218. The van der Waals surface area contributed by atoms with Crippen molar-refractivity contribution in [2.45, 2.75) is 39.3 Å². The van der Waals surface area contributed by atoms with Gasteiger partial charge in [-0.25, -0.2) is 0 Å². The van der Waals surface area contributed by atoms with Gasteiger partial charge in [-0.1, -0.05) is 0 Å². The Labute approximate surface area is 92.4 Å². The summed E-state index contributed by atoms with van der Waals surface area (Å²) in [4.78, 5) is 16.1. The van der Waals surface area contributed by atoms with Crippen LogP contribution in [0, 0.1) is 0 Å². The van der Waals surface area contributed by atoms with Gasteiger partial charge in [-0.3, -0.25) is 9.69 Å². The number of nitrogens with two attached hydrogens (primary N) is 1. The predicted octanol–water partition coefficient (Wildman–Crippen LogP) is 0.276. The molecule has 0 bridgehead atoms. The molecule has 4 heteroatoms. The van der Waals surface area contributed by atoms with Crippen LogP contribution in [0.25, 0.3) is 0 Å². The van der Waals surface area contributed by atoms with Crippen LogP contribution in [-0.2, 0) is 4.79 Å². The second-order valence-corrected chi connectivity index (χ2v) is 4.42. The smallest absolute Gasteiger partial charge is 0.239 e. The van der Waals surface area contributed by atoms with Crippen LogP contribution in [0.5, 0.6) is 0 Å². The van der Waals surface area contributed by atoms with Crippen LogP contribution in [0.4, 0.5) is 0 Å². The Morgan fingerprint density at radius 3 is 2.73 bits per heavy atom. The van der Waals surface area contributed by atoms with Gasteiger partial charge in [0.15, 0.2) is 0 Å². The summed E-state index contributed by atoms with van der Waals surface area (Å²) in [6.45, 7) is 9.49. The average Bonchev–Trinajstić information content (AvgIpc) is 2.30. The van der Waals surface area contributed by atoms with E-state index in [2.05, 4.69) is 4.90 Å². The zero-order valence-corrected chi connectivity index (χ0v) is 10.1. The van der Waals surface area contributed by atoms with Gasteiger partial charge in [-0.2, -0.15) is 0 Å². The molecular weight excluding hydrogens is 190 g/mol. The van der Waals surface area contributed by atoms with Crippen LogP contribution in [0.3, 0.4) is 0 Å². The molecule has 0 saturated carbocycles. The molecule has 1 heterocycles. The highest BCUT2D eigenvalue weighted by Crippen LogP contribution is 2.11. The number of hydrogen-bond acceptors (Lipinski definition) is 3. The lowest BCUT2D eigenvalue weighted by Crippen LogP contribution is -2.47. The normalized spacial score (nSPS) is 26.5. The van der Waals surface area contributed by atoms with Crippen LogP contribution >= 0.6 is 0 Å². The summed E-state index contributed by atoms with van der Waals surface area (Å²) < 4.78 is 0. The van der Waals surface area contributed by atoms with E-state index in [4.69, 9.17) is 5.73 Å². The van der Waals surface area contributed by atoms with Crippen molar-refractivity contribution in [3.05, 3.63) is 0 Å². The molecule has 15 heavy (non-hydrogen) atoms. The molecule has 0 aliphatic carbocycles. The summed E-state index contributed by atoms with van der Waals surface area (Å²) in [5.74, 6) is 0.246. The van der Waals surface area contributed by atoms with Crippen LogP contribution in [0.15, 0.2) is 0 Å². The number of carbonyl (C=O) groups excluding carboxylic acids is 1. The van der Waals surface area contributed by atoms with Crippen molar-refractivity contribution < 1.29 is 4.79 Å². The van der Waals surface area contributed by atoms with Gasteiger partial charge in [-0.15, -0.1) is 0 Å². The molecule has 0 radical (unpaired) electrons. The van der Waals surface area contributed by atoms with E-state index in [0.29, 0.717) is 0 Å². The molecule has 2 N–H and O–H groups in total. The van der Waals surface area contributed by atoms with E-state index >= 15 is 0 Å². The lowest BCUT2D eigenvalue weighted by atomic mass is 10.2. The van der Waals surface area contributed by atoms with Gasteiger partial charge in [0.2, 0.25) is 5.91 Å². The molecule has 0 spiro atoms. The van der Waals surface area contributed by atoms with Crippen LogP contribution in [0.1, 0.15) is 27.2 Å². The molecule has 1 saturated heterocycles. The van der Waals surface area contributed by atoms with Gasteiger partial charge < -0.3 is 10.6 Å². The highest BCUT2D eigenvalue weighted by atomic mass is 16.2. The maximum atomic E-state index is 12.0. The van der Waals surface area contributed by atoms with Gasteiger partial charge in [0, 0.05) is 32.2 Å². The fraction of sp³-hybridized carbons (Fsp3) is 0.909. The Kier molecular flexibility index (Phi) is 4.54. The third-order valence-electron chi connectivity index (χ3n) is 2.99. The van der Waals surface area contributed by atoms with E-state index in [1.807, 2.05) is 25.7 Å². The minimum Gasteiger partial charge on any atom is -0.342 e. The first-order valence-electron chi connectivity index (χ1n) is 5.84. The van der Waals surface area contributed by atoms with Crippen LogP contribution in [-0.4, -0.2) is 54.0 Å². The van der Waals surface area contributed by atoms with Gasteiger partial charge in [-0.05, 0) is 27.2 Å². The van der Waals surface area contributed by atoms with Crippen LogP contribution in [0.2, 0.25) is 0 Å². The first-order valence-corrected chi connectivity index (χ1v) is 5.84. The maximum absolute atomic E-state index is 12.0. The summed E-state index contributed by atoms with van der Waals surface area (Å²) in [5, 5.41) is 0. The minimum absolute atomic E-state index is 0.0153. The summed E-state index contributed by atoms with van der Waals surface area (Å²) in [6, 6.07) is 0.117. The quantitative estimate of drug-likeness (QED) is 0.732. The zero-order valence-electron chi connectivity index (χ0n) is 10.1. The summed E-state index contributed by atoms with van der Waals surface area (Å²) in [7, 11) is 0. The van der Waals surface area contributed by atoms with Crippen molar-refractivity contribution in [1.82, 2.24) is 9.80 Å². The van der Waals surface area contributed by atoms with E-state index in [1.165, 1.54) is 0 Å². The number of amides is 1. The average molecular weight is 213 g/mol. The summed E-state index contributed by atoms with van der Waals surface area (Å²) >= 11 is 0. The van der Waals surface area contributed by atoms with Gasteiger partial charge in [0.1, 0.15) is 0 Å². The van der Waals surface area contributed by atoms with Crippen molar-refractivity contribution in [2.24, 2.45) is 5.73 Å². The van der Waals surface area contributed by atoms with Crippen molar-refractivity contribution in [1.29, 1.82) is 0 Å². The molecule has 0 aromatic carbocycles. The number of carbonyl (C=O) groups is 1. The van der Waals surface area contributed by atoms with E-state index in [1.54, 1.807) is 0 Å². The Morgan fingerprint density at radius 1 is 1.53 bits per heavy atom. The first kappa shape index (κ1) is 12.5. The van der Waals surface area contributed by atoms with Crippen LogP contribution < -0.4 is 5.73 Å². The molecule has 2 atom stereocenters. The topological polar surface area (TPSA) is 49.6 Å².